The Bertz CT molecular complexity index is 632. The van der Waals surface area contributed by atoms with Gasteiger partial charge in [0.2, 0.25) is 0 Å². The summed E-state index contributed by atoms with van der Waals surface area (Å²) in [5.41, 5.74) is 7.57. The summed E-state index contributed by atoms with van der Waals surface area (Å²) in [6.07, 6.45) is 0. The third kappa shape index (κ3) is 2.89. The molecule has 0 bridgehead atoms. The summed E-state index contributed by atoms with van der Waals surface area (Å²) in [6, 6.07) is 11.1. The SMILES string of the molecule is CNC(c1ccc(C)cc1C)c1cc(C)c(Cl)cc1C. The maximum Gasteiger partial charge on any atom is 0.0579 e. The van der Waals surface area contributed by atoms with E-state index in [1.807, 2.05) is 7.05 Å². The standard InChI is InChI=1S/C18H22ClN/c1-11-6-7-15(12(2)8-11)18(20-5)16-9-14(4)17(19)10-13(16)3/h6-10,18,20H,1-5H3. The predicted molar refractivity (Wildman–Crippen MR) is 87.7 cm³/mol. The molecule has 0 radical (unpaired) electrons. The largest absolute Gasteiger partial charge is 0.309 e. The molecule has 2 aromatic rings. The molecule has 0 saturated carbocycles. The molecule has 0 aromatic heterocycles. The first-order chi connectivity index (χ1) is 9.43. The maximum absolute atomic E-state index is 6.21. The molecule has 0 aliphatic heterocycles. The number of hydrogen-bond acceptors (Lipinski definition) is 1. The van der Waals surface area contributed by atoms with E-state index in [1.165, 1.54) is 27.8 Å². The van der Waals surface area contributed by atoms with Crippen LogP contribution in [0.3, 0.4) is 0 Å². The molecule has 1 atom stereocenters. The Balaban J connectivity index is 2.55. The van der Waals surface area contributed by atoms with E-state index in [0.29, 0.717) is 0 Å². The molecule has 1 N–H and O–H groups in total. The zero-order chi connectivity index (χ0) is 14.9. The molecule has 0 saturated heterocycles. The molecule has 2 aromatic carbocycles. The topological polar surface area (TPSA) is 12.0 Å². The van der Waals surface area contributed by atoms with Gasteiger partial charge in [0.15, 0.2) is 0 Å². The lowest BCUT2D eigenvalue weighted by Gasteiger charge is -2.22. The lowest BCUT2D eigenvalue weighted by atomic mass is 9.90. The van der Waals surface area contributed by atoms with Crippen LogP contribution in [0.2, 0.25) is 5.02 Å². The first kappa shape index (κ1) is 15.1. The summed E-state index contributed by atoms with van der Waals surface area (Å²) in [5, 5.41) is 4.27. The second-order valence-corrected chi connectivity index (χ2v) is 5.95. The van der Waals surface area contributed by atoms with Crippen LogP contribution in [-0.2, 0) is 0 Å². The normalized spacial score (nSPS) is 12.5. The van der Waals surface area contributed by atoms with Crippen molar-refractivity contribution < 1.29 is 0 Å². The van der Waals surface area contributed by atoms with Crippen molar-refractivity contribution in [1.29, 1.82) is 0 Å². The summed E-state index contributed by atoms with van der Waals surface area (Å²) in [6.45, 7) is 8.47. The van der Waals surface area contributed by atoms with Crippen LogP contribution in [0.25, 0.3) is 0 Å². The van der Waals surface area contributed by atoms with Crippen molar-refractivity contribution in [3.8, 4) is 0 Å². The molecule has 106 valence electrons. The average molecular weight is 288 g/mol. The Morgan fingerprint density at radius 3 is 2.10 bits per heavy atom. The number of hydrogen-bond donors (Lipinski definition) is 1. The zero-order valence-electron chi connectivity index (χ0n) is 12.8. The highest BCUT2D eigenvalue weighted by Crippen LogP contribution is 2.30. The van der Waals surface area contributed by atoms with E-state index < -0.39 is 0 Å². The average Bonchev–Trinajstić information content (AvgIpc) is 2.38. The molecule has 0 spiro atoms. The Morgan fingerprint density at radius 2 is 1.50 bits per heavy atom. The van der Waals surface area contributed by atoms with Crippen molar-refractivity contribution in [2.45, 2.75) is 33.7 Å². The smallest absolute Gasteiger partial charge is 0.0579 e. The summed E-state index contributed by atoms with van der Waals surface area (Å²) in [5.74, 6) is 0. The summed E-state index contributed by atoms with van der Waals surface area (Å²) < 4.78 is 0. The highest BCUT2D eigenvalue weighted by Gasteiger charge is 2.17. The Labute approximate surface area is 127 Å². The van der Waals surface area contributed by atoms with Crippen LogP contribution >= 0.6 is 11.6 Å². The molecule has 1 nitrogen and oxygen atoms in total. The maximum atomic E-state index is 6.21. The van der Waals surface area contributed by atoms with Crippen LogP contribution in [0, 0.1) is 27.7 Å². The van der Waals surface area contributed by atoms with Gasteiger partial charge in [-0.15, -0.1) is 0 Å². The molecule has 0 aliphatic rings. The van der Waals surface area contributed by atoms with Crippen molar-refractivity contribution in [3.05, 3.63) is 68.7 Å². The first-order valence-electron chi connectivity index (χ1n) is 6.95. The van der Waals surface area contributed by atoms with E-state index >= 15 is 0 Å². The van der Waals surface area contributed by atoms with E-state index in [9.17, 15) is 0 Å². The lowest BCUT2D eigenvalue weighted by molar-refractivity contribution is 0.682. The molecule has 20 heavy (non-hydrogen) atoms. The first-order valence-corrected chi connectivity index (χ1v) is 7.33. The molecule has 2 heteroatoms. The van der Waals surface area contributed by atoms with Crippen molar-refractivity contribution in [1.82, 2.24) is 5.32 Å². The van der Waals surface area contributed by atoms with Gasteiger partial charge in [0.1, 0.15) is 0 Å². The summed E-state index contributed by atoms with van der Waals surface area (Å²) in [4.78, 5) is 0. The minimum atomic E-state index is 0.201. The van der Waals surface area contributed by atoms with Gasteiger partial charge in [-0.1, -0.05) is 41.4 Å². The quantitative estimate of drug-likeness (QED) is 0.848. The number of nitrogens with one attached hydrogen (secondary N) is 1. The lowest BCUT2D eigenvalue weighted by Crippen LogP contribution is -2.20. The van der Waals surface area contributed by atoms with Gasteiger partial charge in [0.25, 0.3) is 0 Å². The zero-order valence-corrected chi connectivity index (χ0v) is 13.6. The van der Waals surface area contributed by atoms with Gasteiger partial charge in [-0.05, 0) is 68.6 Å². The van der Waals surface area contributed by atoms with Gasteiger partial charge in [-0.3, -0.25) is 0 Å². The number of benzene rings is 2. The van der Waals surface area contributed by atoms with Crippen LogP contribution in [0.1, 0.15) is 39.4 Å². The molecule has 0 heterocycles. The van der Waals surface area contributed by atoms with Crippen molar-refractivity contribution in [2.75, 3.05) is 7.05 Å². The Kier molecular flexibility index (Phi) is 4.52. The fraction of sp³-hybridized carbons (Fsp3) is 0.333. The highest BCUT2D eigenvalue weighted by molar-refractivity contribution is 6.31. The van der Waals surface area contributed by atoms with E-state index in [1.54, 1.807) is 0 Å². The number of aryl methyl sites for hydroxylation is 4. The van der Waals surface area contributed by atoms with Crippen molar-refractivity contribution in [2.24, 2.45) is 0 Å². The third-order valence-corrected chi connectivity index (χ3v) is 4.29. The van der Waals surface area contributed by atoms with Crippen molar-refractivity contribution >= 4 is 11.6 Å². The minimum absolute atomic E-state index is 0.201. The molecular formula is C18H22ClN. The van der Waals surface area contributed by atoms with E-state index in [2.05, 4.69) is 63.3 Å². The van der Waals surface area contributed by atoms with Crippen LogP contribution in [0.5, 0.6) is 0 Å². The fourth-order valence-corrected chi connectivity index (χ4v) is 2.96. The second kappa shape index (κ2) is 5.99. The van der Waals surface area contributed by atoms with E-state index in [0.717, 1.165) is 10.6 Å². The van der Waals surface area contributed by atoms with Crippen LogP contribution in [-0.4, -0.2) is 7.05 Å². The second-order valence-electron chi connectivity index (χ2n) is 5.54. The highest BCUT2D eigenvalue weighted by atomic mass is 35.5. The molecule has 0 amide bonds. The molecule has 1 unspecified atom stereocenters. The Hall–Kier alpha value is -1.31. The molecule has 0 fully saturated rings. The van der Waals surface area contributed by atoms with Crippen LogP contribution in [0.4, 0.5) is 0 Å². The van der Waals surface area contributed by atoms with E-state index in [4.69, 9.17) is 11.6 Å². The van der Waals surface area contributed by atoms with Gasteiger partial charge < -0.3 is 5.32 Å². The third-order valence-electron chi connectivity index (χ3n) is 3.88. The van der Waals surface area contributed by atoms with Crippen LogP contribution in [0.15, 0.2) is 30.3 Å². The molecule has 0 aliphatic carbocycles. The van der Waals surface area contributed by atoms with Gasteiger partial charge in [0.05, 0.1) is 6.04 Å². The molecule has 2 rings (SSSR count). The predicted octanol–water partition coefficient (Wildman–Crippen LogP) is 4.88. The van der Waals surface area contributed by atoms with Gasteiger partial charge in [0, 0.05) is 5.02 Å². The monoisotopic (exact) mass is 287 g/mol. The van der Waals surface area contributed by atoms with Gasteiger partial charge >= 0.3 is 0 Å². The summed E-state index contributed by atoms with van der Waals surface area (Å²) >= 11 is 6.21. The number of rotatable bonds is 3. The van der Waals surface area contributed by atoms with Gasteiger partial charge in [-0.2, -0.15) is 0 Å². The summed E-state index contributed by atoms with van der Waals surface area (Å²) in [7, 11) is 2.01. The Morgan fingerprint density at radius 1 is 0.850 bits per heavy atom. The number of halogens is 1. The fourth-order valence-electron chi connectivity index (χ4n) is 2.74. The van der Waals surface area contributed by atoms with E-state index in [-0.39, 0.29) is 6.04 Å². The van der Waals surface area contributed by atoms with Crippen LogP contribution < -0.4 is 5.32 Å². The minimum Gasteiger partial charge on any atom is -0.309 e. The molecular weight excluding hydrogens is 266 g/mol. The van der Waals surface area contributed by atoms with Gasteiger partial charge in [-0.25, -0.2) is 0 Å². The van der Waals surface area contributed by atoms with Crippen molar-refractivity contribution in [3.63, 3.8) is 0 Å².